The molecule has 2 N–H and O–H groups in total. The van der Waals surface area contributed by atoms with Crippen LogP contribution in [0.2, 0.25) is 0 Å². The summed E-state index contributed by atoms with van der Waals surface area (Å²) >= 11 is 1.63. The highest BCUT2D eigenvalue weighted by atomic mass is 32.2. The molecular weight excluding hydrogens is 276 g/mol. The van der Waals surface area contributed by atoms with Crippen LogP contribution in [-0.4, -0.2) is 54.2 Å². The van der Waals surface area contributed by atoms with Crippen LogP contribution in [-0.2, 0) is 4.74 Å². The number of amides is 2. The number of ether oxygens (including phenoxy) is 1. The van der Waals surface area contributed by atoms with Gasteiger partial charge in [0.15, 0.2) is 0 Å². The van der Waals surface area contributed by atoms with Gasteiger partial charge in [-0.25, -0.2) is 4.79 Å². The molecule has 1 fully saturated rings. The Labute approximate surface area is 123 Å². The topological polar surface area (TPSA) is 61.8 Å². The minimum atomic E-state index is -0.304. The smallest absolute Gasteiger partial charge is 0.322 e. The lowest BCUT2D eigenvalue weighted by molar-refractivity contribution is -0.0822. The van der Waals surface area contributed by atoms with Gasteiger partial charge in [0.2, 0.25) is 0 Å². The number of aliphatic hydroxyl groups is 1. The van der Waals surface area contributed by atoms with Crippen molar-refractivity contribution in [3.63, 3.8) is 0 Å². The van der Waals surface area contributed by atoms with Crippen molar-refractivity contribution in [1.29, 1.82) is 0 Å². The average Bonchev–Trinajstić information content (AvgIpc) is 2.46. The van der Waals surface area contributed by atoms with E-state index in [0.717, 1.165) is 10.6 Å². The molecular formula is C14H20N2O3S. The van der Waals surface area contributed by atoms with Crippen LogP contribution >= 0.6 is 11.8 Å². The van der Waals surface area contributed by atoms with Crippen molar-refractivity contribution in [2.24, 2.45) is 0 Å². The monoisotopic (exact) mass is 296 g/mol. The van der Waals surface area contributed by atoms with Crippen LogP contribution in [0.25, 0.3) is 0 Å². The van der Waals surface area contributed by atoms with E-state index in [-0.39, 0.29) is 24.8 Å². The van der Waals surface area contributed by atoms with Crippen LogP contribution in [0.3, 0.4) is 0 Å². The Balaban J connectivity index is 2.00. The van der Waals surface area contributed by atoms with Crippen LogP contribution in [0.1, 0.15) is 6.92 Å². The van der Waals surface area contributed by atoms with Crippen LogP contribution < -0.4 is 5.32 Å². The molecule has 2 atom stereocenters. The molecule has 1 aromatic carbocycles. The fourth-order valence-corrected chi connectivity index (χ4v) is 2.67. The minimum Gasteiger partial charge on any atom is -0.394 e. The first-order chi connectivity index (χ1) is 9.62. The molecule has 1 saturated heterocycles. The summed E-state index contributed by atoms with van der Waals surface area (Å²) in [5, 5.41) is 12.1. The Hall–Kier alpha value is -1.24. The normalized spacial score (nSPS) is 22.6. The van der Waals surface area contributed by atoms with Gasteiger partial charge in [0.25, 0.3) is 0 Å². The first kappa shape index (κ1) is 15.2. The van der Waals surface area contributed by atoms with Crippen molar-refractivity contribution in [3.8, 4) is 0 Å². The molecule has 1 aliphatic heterocycles. The molecule has 1 aromatic rings. The Kier molecular flexibility index (Phi) is 5.28. The van der Waals surface area contributed by atoms with Gasteiger partial charge < -0.3 is 20.1 Å². The summed E-state index contributed by atoms with van der Waals surface area (Å²) in [4.78, 5) is 15.0. The molecule has 0 aliphatic carbocycles. The van der Waals surface area contributed by atoms with E-state index in [1.165, 1.54) is 0 Å². The molecule has 0 aromatic heterocycles. The summed E-state index contributed by atoms with van der Waals surface area (Å²) in [6.45, 7) is 2.77. The lowest BCUT2D eigenvalue weighted by atomic mass is 10.2. The number of carbonyl (C=O) groups excluding carboxylic acids is 1. The number of benzene rings is 1. The summed E-state index contributed by atoms with van der Waals surface area (Å²) in [5.74, 6) is 0. The minimum absolute atomic E-state index is 0.0656. The largest absolute Gasteiger partial charge is 0.394 e. The second kappa shape index (κ2) is 6.97. The molecule has 110 valence electrons. The highest BCUT2D eigenvalue weighted by Crippen LogP contribution is 2.20. The standard InChI is InChI=1S/C14H20N2O3S/c1-10-7-16(8-12(9-17)19-10)14(18)15-11-4-3-5-13(6-11)20-2/h3-6,10,12,17H,7-9H2,1-2H3,(H,15,18)/t10-,12+/m0/s1. The van der Waals surface area contributed by atoms with Crippen molar-refractivity contribution < 1.29 is 14.6 Å². The van der Waals surface area contributed by atoms with E-state index >= 15 is 0 Å². The van der Waals surface area contributed by atoms with E-state index in [4.69, 9.17) is 4.74 Å². The Morgan fingerprint density at radius 1 is 1.55 bits per heavy atom. The van der Waals surface area contributed by atoms with Crippen molar-refractivity contribution in [2.75, 3.05) is 31.3 Å². The molecule has 0 saturated carbocycles. The van der Waals surface area contributed by atoms with Crippen molar-refractivity contribution >= 4 is 23.5 Å². The van der Waals surface area contributed by atoms with Crippen molar-refractivity contribution in [1.82, 2.24) is 4.90 Å². The van der Waals surface area contributed by atoms with E-state index in [1.807, 2.05) is 37.4 Å². The molecule has 0 unspecified atom stereocenters. The van der Waals surface area contributed by atoms with Gasteiger partial charge in [0.1, 0.15) is 0 Å². The average molecular weight is 296 g/mol. The van der Waals surface area contributed by atoms with Crippen LogP contribution in [0.5, 0.6) is 0 Å². The van der Waals surface area contributed by atoms with Gasteiger partial charge >= 0.3 is 6.03 Å². The third-order valence-corrected chi connectivity index (χ3v) is 3.86. The summed E-state index contributed by atoms with van der Waals surface area (Å²) in [7, 11) is 0. The van der Waals surface area contributed by atoms with Gasteiger partial charge in [-0.05, 0) is 31.4 Å². The molecule has 20 heavy (non-hydrogen) atoms. The maximum atomic E-state index is 12.2. The molecule has 1 aliphatic rings. The summed E-state index contributed by atoms with van der Waals surface area (Å²) in [5.41, 5.74) is 0.779. The molecule has 0 bridgehead atoms. The SMILES string of the molecule is CSc1cccc(NC(=O)N2C[C@H](CO)O[C@@H](C)C2)c1. The van der Waals surface area contributed by atoms with Gasteiger partial charge in [0, 0.05) is 17.1 Å². The van der Waals surface area contributed by atoms with Gasteiger partial charge in [0.05, 0.1) is 25.4 Å². The predicted molar refractivity (Wildman–Crippen MR) is 80.2 cm³/mol. The van der Waals surface area contributed by atoms with Gasteiger partial charge in [-0.15, -0.1) is 11.8 Å². The summed E-state index contributed by atoms with van der Waals surface area (Å²) < 4.78 is 5.53. The Morgan fingerprint density at radius 3 is 3.05 bits per heavy atom. The Bertz CT molecular complexity index is 469. The fraction of sp³-hybridized carbons (Fsp3) is 0.500. The summed E-state index contributed by atoms with van der Waals surface area (Å²) in [6.07, 6.45) is 1.63. The second-order valence-electron chi connectivity index (χ2n) is 4.82. The highest BCUT2D eigenvalue weighted by Gasteiger charge is 2.27. The van der Waals surface area contributed by atoms with Crippen LogP contribution in [0.4, 0.5) is 10.5 Å². The highest BCUT2D eigenvalue weighted by molar-refractivity contribution is 7.98. The molecule has 1 heterocycles. The molecule has 0 radical (unpaired) electrons. The first-order valence-electron chi connectivity index (χ1n) is 6.58. The van der Waals surface area contributed by atoms with Crippen molar-refractivity contribution in [2.45, 2.75) is 24.0 Å². The van der Waals surface area contributed by atoms with Gasteiger partial charge in [-0.3, -0.25) is 0 Å². The quantitative estimate of drug-likeness (QED) is 0.838. The third-order valence-electron chi connectivity index (χ3n) is 3.14. The number of rotatable bonds is 3. The molecule has 2 amide bonds. The fourth-order valence-electron chi connectivity index (χ4n) is 2.22. The number of hydrogen-bond acceptors (Lipinski definition) is 4. The zero-order chi connectivity index (χ0) is 14.5. The lowest BCUT2D eigenvalue weighted by Gasteiger charge is -2.36. The van der Waals surface area contributed by atoms with Gasteiger partial charge in [-0.2, -0.15) is 0 Å². The number of carbonyl (C=O) groups is 1. The van der Waals surface area contributed by atoms with E-state index in [9.17, 15) is 9.90 Å². The maximum Gasteiger partial charge on any atom is 0.322 e. The zero-order valence-electron chi connectivity index (χ0n) is 11.7. The van der Waals surface area contributed by atoms with Crippen molar-refractivity contribution in [3.05, 3.63) is 24.3 Å². The number of morpholine rings is 1. The molecule has 5 nitrogen and oxygen atoms in total. The third kappa shape index (κ3) is 3.88. The van der Waals surface area contributed by atoms with E-state index in [2.05, 4.69) is 5.32 Å². The molecule has 2 rings (SSSR count). The lowest BCUT2D eigenvalue weighted by Crippen LogP contribution is -2.51. The van der Waals surface area contributed by atoms with Gasteiger partial charge in [-0.1, -0.05) is 6.07 Å². The van der Waals surface area contributed by atoms with Crippen LogP contribution in [0, 0.1) is 0 Å². The predicted octanol–water partition coefficient (Wildman–Crippen LogP) is 2.02. The number of aliphatic hydroxyl groups excluding tert-OH is 1. The maximum absolute atomic E-state index is 12.2. The second-order valence-corrected chi connectivity index (χ2v) is 5.70. The summed E-state index contributed by atoms with van der Waals surface area (Å²) in [6, 6.07) is 7.57. The first-order valence-corrected chi connectivity index (χ1v) is 7.81. The number of anilines is 1. The van der Waals surface area contributed by atoms with Crippen LogP contribution in [0.15, 0.2) is 29.2 Å². The number of hydrogen-bond donors (Lipinski definition) is 2. The molecule has 0 spiro atoms. The van der Waals surface area contributed by atoms with E-state index in [1.54, 1.807) is 16.7 Å². The number of nitrogens with one attached hydrogen (secondary N) is 1. The molecule has 6 heteroatoms. The van der Waals surface area contributed by atoms with E-state index < -0.39 is 0 Å². The number of urea groups is 1. The Morgan fingerprint density at radius 2 is 2.35 bits per heavy atom. The van der Waals surface area contributed by atoms with E-state index in [0.29, 0.717) is 13.1 Å². The zero-order valence-corrected chi connectivity index (χ0v) is 12.5. The number of thioether (sulfide) groups is 1. The number of nitrogens with zero attached hydrogens (tertiary/aromatic N) is 1.